The van der Waals surface area contributed by atoms with Crippen LogP contribution in [0.25, 0.3) is 0 Å². The third kappa shape index (κ3) is 4.08. The fourth-order valence-electron chi connectivity index (χ4n) is 2.59. The fraction of sp³-hybridized carbons (Fsp3) is 0.375. The Labute approximate surface area is 141 Å². The molecule has 8 heteroatoms. The molecule has 7 nitrogen and oxygen atoms in total. The van der Waals surface area contributed by atoms with Crippen molar-refractivity contribution >= 4 is 21.5 Å². The first-order valence-corrected chi connectivity index (χ1v) is 9.51. The topological polar surface area (TPSA) is 84.4 Å². The highest BCUT2D eigenvalue weighted by Crippen LogP contribution is 2.25. The SMILES string of the molecule is Cc1nc(Nc2ccccc2)cc([C@H]2CN(S(C)(=O)=O)CCO2)n1. The normalized spacial score (nSPS) is 19.2. The largest absolute Gasteiger partial charge is 0.369 e. The number of hydrogen-bond acceptors (Lipinski definition) is 6. The van der Waals surface area contributed by atoms with Crippen molar-refractivity contribution in [3.8, 4) is 0 Å². The van der Waals surface area contributed by atoms with Crippen molar-refractivity contribution < 1.29 is 13.2 Å². The first-order chi connectivity index (χ1) is 11.4. The zero-order valence-corrected chi connectivity index (χ0v) is 14.5. The van der Waals surface area contributed by atoms with Gasteiger partial charge < -0.3 is 10.1 Å². The predicted octanol–water partition coefficient (Wildman–Crippen LogP) is 1.86. The smallest absolute Gasteiger partial charge is 0.211 e. The second kappa shape index (κ2) is 6.84. The lowest BCUT2D eigenvalue weighted by molar-refractivity contribution is -0.00484. The Balaban J connectivity index is 1.83. The van der Waals surface area contributed by atoms with Gasteiger partial charge in [0.05, 0.1) is 18.6 Å². The second-order valence-electron chi connectivity index (χ2n) is 5.70. The first kappa shape index (κ1) is 16.8. The van der Waals surface area contributed by atoms with Crippen molar-refractivity contribution in [2.24, 2.45) is 0 Å². The Morgan fingerprint density at radius 2 is 2.00 bits per heavy atom. The minimum Gasteiger partial charge on any atom is -0.369 e. The van der Waals surface area contributed by atoms with Gasteiger partial charge in [0.25, 0.3) is 0 Å². The maximum atomic E-state index is 11.8. The Morgan fingerprint density at radius 3 is 2.71 bits per heavy atom. The van der Waals surface area contributed by atoms with Crippen molar-refractivity contribution in [2.75, 3.05) is 31.3 Å². The van der Waals surface area contributed by atoms with Gasteiger partial charge in [-0.25, -0.2) is 18.4 Å². The monoisotopic (exact) mass is 348 g/mol. The molecule has 1 aromatic carbocycles. The summed E-state index contributed by atoms with van der Waals surface area (Å²) < 4.78 is 30.7. The van der Waals surface area contributed by atoms with E-state index in [2.05, 4.69) is 15.3 Å². The molecule has 1 aliphatic heterocycles. The lowest BCUT2D eigenvalue weighted by Crippen LogP contribution is -2.41. The Hall–Kier alpha value is -2.03. The highest BCUT2D eigenvalue weighted by atomic mass is 32.2. The van der Waals surface area contributed by atoms with Crippen LogP contribution in [0.4, 0.5) is 11.5 Å². The molecule has 1 aliphatic rings. The molecule has 0 aliphatic carbocycles. The van der Waals surface area contributed by atoms with E-state index in [1.54, 1.807) is 13.0 Å². The number of aromatic nitrogens is 2. The molecule has 0 radical (unpaired) electrons. The highest BCUT2D eigenvalue weighted by Gasteiger charge is 2.28. The highest BCUT2D eigenvalue weighted by molar-refractivity contribution is 7.88. The second-order valence-corrected chi connectivity index (χ2v) is 7.68. The van der Waals surface area contributed by atoms with Gasteiger partial charge in [-0.15, -0.1) is 0 Å². The minimum absolute atomic E-state index is 0.264. The van der Waals surface area contributed by atoms with Crippen LogP contribution in [-0.2, 0) is 14.8 Å². The predicted molar refractivity (Wildman–Crippen MR) is 91.6 cm³/mol. The minimum atomic E-state index is -3.24. The summed E-state index contributed by atoms with van der Waals surface area (Å²) in [5.41, 5.74) is 1.60. The average Bonchev–Trinajstić information content (AvgIpc) is 2.54. The summed E-state index contributed by atoms with van der Waals surface area (Å²) >= 11 is 0. The fourth-order valence-corrected chi connectivity index (χ4v) is 3.41. The maximum Gasteiger partial charge on any atom is 0.211 e. The van der Waals surface area contributed by atoms with Gasteiger partial charge in [-0.1, -0.05) is 18.2 Å². The molecule has 128 valence electrons. The van der Waals surface area contributed by atoms with E-state index < -0.39 is 16.1 Å². The van der Waals surface area contributed by atoms with E-state index in [4.69, 9.17) is 4.74 Å². The van der Waals surface area contributed by atoms with E-state index in [0.717, 1.165) is 5.69 Å². The molecule has 1 saturated heterocycles. The van der Waals surface area contributed by atoms with E-state index in [-0.39, 0.29) is 6.54 Å². The van der Waals surface area contributed by atoms with Gasteiger partial charge in [0.15, 0.2) is 0 Å². The molecular formula is C16H20N4O3S. The van der Waals surface area contributed by atoms with Gasteiger partial charge in [-0.3, -0.25) is 0 Å². The molecule has 1 atom stereocenters. The van der Waals surface area contributed by atoms with Gasteiger partial charge in [0.1, 0.15) is 17.7 Å². The van der Waals surface area contributed by atoms with Crippen LogP contribution in [0, 0.1) is 6.92 Å². The van der Waals surface area contributed by atoms with E-state index >= 15 is 0 Å². The average molecular weight is 348 g/mol. The van der Waals surface area contributed by atoms with E-state index in [1.165, 1.54) is 10.6 Å². The molecule has 0 spiro atoms. The maximum absolute atomic E-state index is 11.8. The molecule has 1 aromatic heterocycles. The van der Waals surface area contributed by atoms with Crippen molar-refractivity contribution in [1.29, 1.82) is 0 Å². The molecule has 1 N–H and O–H groups in total. The van der Waals surface area contributed by atoms with Crippen LogP contribution in [0.3, 0.4) is 0 Å². The summed E-state index contributed by atoms with van der Waals surface area (Å²) in [5, 5.41) is 3.23. The number of morpholine rings is 1. The molecule has 1 fully saturated rings. The van der Waals surface area contributed by atoms with E-state index in [9.17, 15) is 8.42 Å². The van der Waals surface area contributed by atoms with Crippen molar-refractivity contribution in [2.45, 2.75) is 13.0 Å². The van der Waals surface area contributed by atoms with Crippen LogP contribution in [0.2, 0.25) is 0 Å². The lowest BCUT2D eigenvalue weighted by atomic mass is 10.2. The van der Waals surface area contributed by atoms with Gasteiger partial charge in [-0.05, 0) is 19.1 Å². The molecule has 0 unspecified atom stereocenters. The Bertz CT molecular complexity index is 811. The number of rotatable bonds is 4. The van der Waals surface area contributed by atoms with E-state index in [0.29, 0.717) is 30.5 Å². The summed E-state index contributed by atoms with van der Waals surface area (Å²) in [6, 6.07) is 11.5. The lowest BCUT2D eigenvalue weighted by Gasteiger charge is -2.31. The third-order valence-corrected chi connectivity index (χ3v) is 5.00. The Morgan fingerprint density at radius 1 is 1.25 bits per heavy atom. The molecule has 0 bridgehead atoms. The molecular weight excluding hydrogens is 328 g/mol. The molecule has 3 rings (SSSR count). The number of benzene rings is 1. The summed E-state index contributed by atoms with van der Waals surface area (Å²) in [5.74, 6) is 1.26. The zero-order chi connectivity index (χ0) is 17.2. The number of aryl methyl sites for hydroxylation is 1. The molecule has 2 aromatic rings. The van der Waals surface area contributed by atoms with Crippen LogP contribution >= 0.6 is 0 Å². The number of sulfonamides is 1. The summed E-state index contributed by atoms with van der Waals surface area (Å²) in [6.45, 7) is 2.79. The number of nitrogens with one attached hydrogen (secondary N) is 1. The van der Waals surface area contributed by atoms with Crippen LogP contribution in [-0.4, -0.2) is 48.6 Å². The summed E-state index contributed by atoms with van der Waals surface area (Å²) in [6.07, 6.45) is 0.815. The van der Waals surface area contributed by atoms with Crippen molar-refractivity contribution in [3.05, 3.63) is 47.9 Å². The first-order valence-electron chi connectivity index (χ1n) is 7.66. The summed E-state index contributed by atoms with van der Waals surface area (Å²) in [4.78, 5) is 8.80. The molecule has 0 amide bonds. The quantitative estimate of drug-likeness (QED) is 0.908. The number of anilines is 2. The van der Waals surface area contributed by atoms with Gasteiger partial charge >= 0.3 is 0 Å². The van der Waals surface area contributed by atoms with Crippen molar-refractivity contribution in [1.82, 2.24) is 14.3 Å². The number of hydrogen-bond donors (Lipinski definition) is 1. The molecule has 2 heterocycles. The van der Waals surface area contributed by atoms with E-state index in [1.807, 2.05) is 30.3 Å². The Kier molecular flexibility index (Phi) is 4.79. The molecule has 0 saturated carbocycles. The third-order valence-electron chi connectivity index (χ3n) is 3.73. The number of ether oxygens (including phenoxy) is 1. The van der Waals surface area contributed by atoms with Gasteiger partial charge in [0, 0.05) is 24.8 Å². The van der Waals surface area contributed by atoms with Crippen LogP contribution in [0.1, 0.15) is 17.6 Å². The van der Waals surface area contributed by atoms with Gasteiger partial charge in [-0.2, -0.15) is 4.31 Å². The van der Waals surface area contributed by atoms with Gasteiger partial charge in [0.2, 0.25) is 10.0 Å². The van der Waals surface area contributed by atoms with Crippen LogP contribution in [0.15, 0.2) is 36.4 Å². The number of para-hydroxylation sites is 1. The molecule has 24 heavy (non-hydrogen) atoms. The van der Waals surface area contributed by atoms with Crippen LogP contribution in [0.5, 0.6) is 0 Å². The zero-order valence-electron chi connectivity index (χ0n) is 13.6. The summed E-state index contributed by atoms with van der Waals surface area (Å²) in [7, 11) is -3.24. The number of nitrogens with zero attached hydrogens (tertiary/aromatic N) is 3. The standard InChI is InChI=1S/C16H20N4O3S/c1-12-17-14(15-11-20(8-9-23-15)24(2,21)22)10-16(18-12)19-13-6-4-3-5-7-13/h3-7,10,15H,8-9,11H2,1-2H3,(H,17,18,19)/t15-/m1/s1. The van der Waals surface area contributed by atoms with Crippen molar-refractivity contribution in [3.63, 3.8) is 0 Å². The van der Waals surface area contributed by atoms with Crippen LogP contribution < -0.4 is 5.32 Å².